The Kier molecular flexibility index (Phi) is 6.86. The van der Waals surface area contributed by atoms with Crippen molar-refractivity contribution in [2.75, 3.05) is 13.9 Å². The zero-order chi connectivity index (χ0) is 10.3. The quantitative estimate of drug-likeness (QED) is 0.487. The van der Waals surface area contributed by atoms with E-state index in [4.69, 9.17) is 9.47 Å². The Morgan fingerprint density at radius 1 is 1.46 bits per heavy atom. The lowest BCUT2D eigenvalue weighted by Crippen LogP contribution is -2.29. The standard InChI is InChI=1S/C10H20O3/c1-5-6-10(11)8(2)9(3)13-7-12-4/h5,8-11H,1,6-7H2,2-4H3/t8-,9+,10+/m1/s1. The van der Waals surface area contributed by atoms with Gasteiger partial charge < -0.3 is 14.6 Å². The van der Waals surface area contributed by atoms with Gasteiger partial charge in [0.15, 0.2) is 0 Å². The van der Waals surface area contributed by atoms with Crippen molar-refractivity contribution >= 4 is 0 Å². The molecule has 0 saturated carbocycles. The molecule has 0 heterocycles. The SMILES string of the molecule is C=CC[C@H](O)[C@H](C)[C@H](C)OCOC. The van der Waals surface area contributed by atoms with Gasteiger partial charge in [-0.25, -0.2) is 0 Å². The molecule has 0 aliphatic heterocycles. The Morgan fingerprint density at radius 2 is 2.08 bits per heavy atom. The average Bonchev–Trinajstić information content (AvgIpc) is 2.13. The molecule has 0 aromatic rings. The minimum atomic E-state index is -0.385. The molecule has 13 heavy (non-hydrogen) atoms. The van der Waals surface area contributed by atoms with Gasteiger partial charge in [-0.05, 0) is 13.3 Å². The van der Waals surface area contributed by atoms with E-state index >= 15 is 0 Å². The van der Waals surface area contributed by atoms with Crippen LogP contribution in [0.25, 0.3) is 0 Å². The smallest absolute Gasteiger partial charge is 0.146 e. The van der Waals surface area contributed by atoms with Gasteiger partial charge in [0.2, 0.25) is 0 Å². The second-order valence-electron chi connectivity index (χ2n) is 3.23. The molecule has 0 spiro atoms. The van der Waals surface area contributed by atoms with Crippen molar-refractivity contribution in [1.29, 1.82) is 0 Å². The molecule has 0 fully saturated rings. The Labute approximate surface area is 80.4 Å². The van der Waals surface area contributed by atoms with Crippen molar-refractivity contribution in [3.63, 3.8) is 0 Å². The number of ether oxygens (including phenoxy) is 2. The number of aliphatic hydroxyl groups is 1. The lowest BCUT2D eigenvalue weighted by atomic mass is 9.97. The average molecular weight is 188 g/mol. The fraction of sp³-hybridized carbons (Fsp3) is 0.800. The van der Waals surface area contributed by atoms with Crippen LogP contribution in [0.2, 0.25) is 0 Å². The molecule has 78 valence electrons. The highest BCUT2D eigenvalue weighted by atomic mass is 16.7. The van der Waals surface area contributed by atoms with Gasteiger partial charge in [0.25, 0.3) is 0 Å². The molecule has 0 radical (unpaired) electrons. The Bertz CT molecular complexity index is 136. The highest BCUT2D eigenvalue weighted by Gasteiger charge is 2.19. The van der Waals surface area contributed by atoms with E-state index in [2.05, 4.69) is 6.58 Å². The van der Waals surface area contributed by atoms with Crippen molar-refractivity contribution in [1.82, 2.24) is 0 Å². The lowest BCUT2D eigenvalue weighted by molar-refractivity contribution is -0.0983. The van der Waals surface area contributed by atoms with Crippen LogP contribution in [0.1, 0.15) is 20.3 Å². The van der Waals surface area contributed by atoms with E-state index in [-0.39, 0.29) is 24.9 Å². The summed E-state index contributed by atoms with van der Waals surface area (Å²) in [6.45, 7) is 7.73. The summed E-state index contributed by atoms with van der Waals surface area (Å²) >= 11 is 0. The summed E-state index contributed by atoms with van der Waals surface area (Å²) in [6.07, 6.45) is 1.92. The first-order valence-electron chi connectivity index (χ1n) is 4.53. The van der Waals surface area contributed by atoms with E-state index in [9.17, 15) is 5.11 Å². The van der Waals surface area contributed by atoms with Crippen LogP contribution in [-0.4, -0.2) is 31.2 Å². The first-order chi connectivity index (χ1) is 6.13. The maximum atomic E-state index is 9.60. The zero-order valence-electron chi connectivity index (χ0n) is 8.69. The Balaban J connectivity index is 3.78. The van der Waals surface area contributed by atoms with Gasteiger partial charge in [-0.15, -0.1) is 6.58 Å². The van der Waals surface area contributed by atoms with Gasteiger partial charge in [0, 0.05) is 13.0 Å². The monoisotopic (exact) mass is 188 g/mol. The van der Waals surface area contributed by atoms with Crippen LogP contribution in [0.4, 0.5) is 0 Å². The maximum absolute atomic E-state index is 9.60. The van der Waals surface area contributed by atoms with Gasteiger partial charge in [0.05, 0.1) is 12.2 Å². The van der Waals surface area contributed by atoms with Crippen LogP contribution in [0.15, 0.2) is 12.7 Å². The summed E-state index contributed by atoms with van der Waals surface area (Å²) in [7, 11) is 1.58. The van der Waals surface area contributed by atoms with Gasteiger partial charge >= 0.3 is 0 Å². The number of methoxy groups -OCH3 is 1. The van der Waals surface area contributed by atoms with Crippen LogP contribution in [0, 0.1) is 5.92 Å². The van der Waals surface area contributed by atoms with Crippen LogP contribution < -0.4 is 0 Å². The molecule has 3 atom stereocenters. The number of rotatable bonds is 7. The Morgan fingerprint density at radius 3 is 2.54 bits per heavy atom. The fourth-order valence-corrected chi connectivity index (χ4v) is 1.03. The van der Waals surface area contributed by atoms with Gasteiger partial charge in [-0.1, -0.05) is 13.0 Å². The lowest BCUT2D eigenvalue weighted by Gasteiger charge is -2.24. The molecule has 0 aromatic carbocycles. The second-order valence-corrected chi connectivity index (χ2v) is 3.23. The topological polar surface area (TPSA) is 38.7 Å². The minimum absolute atomic E-state index is 0.00472. The molecule has 0 aromatic heterocycles. The normalized spacial score (nSPS) is 17.8. The molecule has 0 aliphatic carbocycles. The largest absolute Gasteiger partial charge is 0.392 e. The Hall–Kier alpha value is -0.380. The maximum Gasteiger partial charge on any atom is 0.146 e. The molecule has 0 amide bonds. The zero-order valence-corrected chi connectivity index (χ0v) is 8.69. The van der Waals surface area contributed by atoms with Crippen molar-refractivity contribution in [3.8, 4) is 0 Å². The van der Waals surface area contributed by atoms with Crippen molar-refractivity contribution < 1.29 is 14.6 Å². The summed E-state index contributed by atoms with van der Waals surface area (Å²) in [5.74, 6) is 0.0909. The second kappa shape index (κ2) is 7.06. The van der Waals surface area contributed by atoms with Gasteiger partial charge in [-0.2, -0.15) is 0 Å². The fourth-order valence-electron chi connectivity index (χ4n) is 1.03. The van der Waals surface area contributed by atoms with Crippen LogP contribution >= 0.6 is 0 Å². The molecule has 0 aliphatic rings. The van der Waals surface area contributed by atoms with E-state index < -0.39 is 0 Å². The molecular weight excluding hydrogens is 168 g/mol. The molecule has 0 unspecified atom stereocenters. The molecule has 0 rings (SSSR count). The van der Waals surface area contributed by atoms with Crippen LogP contribution in [-0.2, 0) is 9.47 Å². The minimum Gasteiger partial charge on any atom is -0.392 e. The first-order valence-corrected chi connectivity index (χ1v) is 4.53. The molecular formula is C10H20O3. The molecule has 1 N–H and O–H groups in total. The van der Waals surface area contributed by atoms with Gasteiger partial charge in [0.1, 0.15) is 6.79 Å². The molecule has 3 nitrogen and oxygen atoms in total. The summed E-state index contributed by atoms with van der Waals surface area (Å²) in [5, 5.41) is 9.60. The van der Waals surface area contributed by atoms with E-state index in [1.165, 1.54) is 0 Å². The van der Waals surface area contributed by atoms with Gasteiger partial charge in [-0.3, -0.25) is 0 Å². The molecule has 0 saturated heterocycles. The number of hydrogen-bond donors (Lipinski definition) is 1. The highest BCUT2D eigenvalue weighted by molar-refractivity contribution is 4.78. The van der Waals surface area contributed by atoms with Crippen molar-refractivity contribution in [2.45, 2.75) is 32.5 Å². The molecule has 0 bridgehead atoms. The third kappa shape index (κ3) is 5.03. The summed E-state index contributed by atoms with van der Waals surface area (Å²) < 4.78 is 10.1. The van der Waals surface area contributed by atoms with E-state index in [1.54, 1.807) is 13.2 Å². The third-order valence-corrected chi connectivity index (χ3v) is 2.20. The predicted octanol–water partition coefficient (Wildman–Crippen LogP) is 1.57. The first kappa shape index (κ1) is 12.6. The third-order valence-electron chi connectivity index (χ3n) is 2.20. The molecule has 3 heteroatoms. The van der Waals surface area contributed by atoms with Crippen molar-refractivity contribution in [3.05, 3.63) is 12.7 Å². The van der Waals surface area contributed by atoms with Crippen LogP contribution in [0.3, 0.4) is 0 Å². The predicted molar refractivity (Wildman–Crippen MR) is 52.4 cm³/mol. The summed E-state index contributed by atoms with van der Waals surface area (Å²) in [4.78, 5) is 0. The number of hydrogen-bond acceptors (Lipinski definition) is 3. The summed E-state index contributed by atoms with van der Waals surface area (Å²) in [5.41, 5.74) is 0. The van der Waals surface area contributed by atoms with E-state index in [0.29, 0.717) is 6.42 Å². The summed E-state index contributed by atoms with van der Waals surface area (Å²) in [6, 6.07) is 0. The van der Waals surface area contributed by atoms with Crippen molar-refractivity contribution in [2.24, 2.45) is 5.92 Å². The van der Waals surface area contributed by atoms with E-state index in [1.807, 2.05) is 13.8 Å². The highest BCUT2D eigenvalue weighted by Crippen LogP contribution is 2.14. The van der Waals surface area contributed by atoms with E-state index in [0.717, 1.165) is 0 Å². The van der Waals surface area contributed by atoms with Crippen LogP contribution in [0.5, 0.6) is 0 Å². The number of aliphatic hydroxyl groups excluding tert-OH is 1.